The molecule has 0 fully saturated rings. The van der Waals surface area contributed by atoms with Gasteiger partial charge in [0.2, 0.25) is 0 Å². The summed E-state index contributed by atoms with van der Waals surface area (Å²) in [6.45, 7) is 3.52. The molecule has 0 aliphatic heterocycles. The molecule has 5 nitrogen and oxygen atoms in total. The summed E-state index contributed by atoms with van der Waals surface area (Å²) in [7, 11) is 0. The normalized spacial score (nSPS) is 10.2. The van der Waals surface area contributed by atoms with Crippen LogP contribution in [-0.2, 0) is 0 Å². The van der Waals surface area contributed by atoms with Gasteiger partial charge in [0.1, 0.15) is 17.2 Å². The van der Waals surface area contributed by atoms with Gasteiger partial charge in [0.25, 0.3) is 5.69 Å². The molecule has 0 radical (unpaired) electrons. The molecule has 0 amide bonds. The fourth-order valence-corrected chi connectivity index (χ4v) is 1.83. The van der Waals surface area contributed by atoms with E-state index in [1.165, 1.54) is 24.3 Å². The van der Waals surface area contributed by atoms with Crippen molar-refractivity contribution in [1.82, 2.24) is 0 Å². The highest BCUT2D eigenvalue weighted by Gasteiger charge is 2.13. The molecule has 98 valence electrons. The number of nitrogens with zero attached hydrogens (tertiary/aromatic N) is 1. The van der Waals surface area contributed by atoms with Gasteiger partial charge < -0.3 is 9.84 Å². The van der Waals surface area contributed by atoms with Crippen LogP contribution in [0.3, 0.4) is 0 Å². The van der Waals surface area contributed by atoms with Gasteiger partial charge in [0.15, 0.2) is 0 Å². The second kappa shape index (κ2) is 4.97. The van der Waals surface area contributed by atoms with E-state index >= 15 is 0 Å². The van der Waals surface area contributed by atoms with E-state index in [1.807, 2.05) is 0 Å². The molecule has 0 heterocycles. The monoisotopic (exact) mass is 259 g/mol. The van der Waals surface area contributed by atoms with Gasteiger partial charge in [-0.2, -0.15) is 0 Å². The van der Waals surface area contributed by atoms with E-state index in [2.05, 4.69) is 0 Å². The first-order valence-corrected chi connectivity index (χ1v) is 5.70. The summed E-state index contributed by atoms with van der Waals surface area (Å²) in [4.78, 5) is 10.3. The first-order valence-electron chi connectivity index (χ1n) is 5.70. The summed E-state index contributed by atoms with van der Waals surface area (Å²) in [6.07, 6.45) is 0. The number of aryl methyl sites for hydroxylation is 2. The molecule has 0 spiro atoms. The minimum atomic E-state index is -0.426. The predicted octanol–water partition coefficient (Wildman–Crippen LogP) is 3.71. The number of nitro benzene ring substituents is 1. The third kappa shape index (κ3) is 2.82. The van der Waals surface area contributed by atoms with Crippen molar-refractivity contribution in [2.24, 2.45) is 0 Å². The van der Waals surface area contributed by atoms with Gasteiger partial charge in [0, 0.05) is 12.1 Å². The molecule has 0 aromatic heterocycles. The molecule has 2 aromatic rings. The highest BCUT2D eigenvalue weighted by atomic mass is 16.6. The Morgan fingerprint density at radius 2 is 1.63 bits per heavy atom. The van der Waals surface area contributed by atoms with Crippen molar-refractivity contribution in [3.8, 4) is 17.2 Å². The Morgan fingerprint density at radius 3 is 2.11 bits per heavy atom. The Morgan fingerprint density at radius 1 is 1.11 bits per heavy atom. The number of aromatic hydroxyl groups is 1. The molecule has 2 aromatic carbocycles. The summed E-state index contributed by atoms with van der Waals surface area (Å²) < 4.78 is 5.70. The molecule has 0 aliphatic carbocycles. The quantitative estimate of drug-likeness (QED) is 0.673. The van der Waals surface area contributed by atoms with E-state index in [0.29, 0.717) is 22.6 Å². The van der Waals surface area contributed by atoms with Gasteiger partial charge >= 0.3 is 0 Å². The zero-order valence-electron chi connectivity index (χ0n) is 10.6. The van der Waals surface area contributed by atoms with Crippen molar-refractivity contribution in [3.63, 3.8) is 0 Å². The van der Waals surface area contributed by atoms with E-state index in [4.69, 9.17) is 4.74 Å². The van der Waals surface area contributed by atoms with Crippen LogP contribution in [0.5, 0.6) is 17.2 Å². The van der Waals surface area contributed by atoms with Crippen LogP contribution in [0.4, 0.5) is 5.69 Å². The zero-order valence-corrected chi connectivity index (χ0v) is 10.6. The van der Waals surface area contributed by atoms with Crippen LogP contribution in [-0.4, -0.2) is 10.0 Å². The summed E-state index contributed by atoms with van der Waals surface area (Å²) in [5.74, 6) is 1.32. The van der Waals surface area contributed by atoms with Crippen molar-refractivity contribution in [3.05, 3.63) is 57.6 Å². The number of non-ortho nitro benzene ring substituents is 1. The summed E-state index contributed by atoms with van der Waals surface area (Å²) in [5.41, 5.74) is 1.44. The fraction of sp³-hybridized carbons (Fsp3) is 0.143. The van der Waals surface area contributed by atoms with E-state index in [0.717, 1.165) is 0 Å². The van der Waals surface area contributed by atoms with Crippen LogP contribution in [0.25, 0.3) is 0 Å². The highest BCUT2D eigenvalue weighted by molar-refractivity contribution is 5.50. The molecular weight excluding hydrogens is 246 g/mol. The molecule has 0 atom stereocenters. The number of hydrogen-bond acceptors (Lipinski definition) is 4. The lowest BCUT2D eigenvalue weighted by molar-refractivity contribution is -0.385. The predicted molar refractivity (Wildman–Crippen MR) is 70.8 cm³/mol. The van der Waals surface area contributed by atoms with Gasteiger partial charge in [-0.1, -0.05) is 0 Å². The number of hydrogen-bond donors (Lipinski definition) is 1. The number of benzene rings is 2. The number of ether oxygens (including phenoxy) is 1. The SMILES string of the molecule is Cc1cc([N+](=O)[O-])cc(C)c1Oc1ccc(O)cc1. The minimum Gasteiger partial charge on any atom is -0.508 e. The molecular formula is C14H13NO4. The van der Waals surface area contributed by atoms with Crippen LogP contribution < -0.4 is 4.74 Å². The summed E-state index contributed by atoms with van der Waals surface area (Å²) >= 11 is 0. The molecule has 5 heteroatoms. The third-order valence-corrected chi connectivity index (χ3v) is 2.71. The van der Waals surface area contributed by atoms with Crippen LogP contribution in [0.15, 0.2) is 36.4 Å². The molecule has 0 saturated carbocycles. The smallest absolute Gasteiger partial charge is 0.270 e. The number of rotatable bonds is 3. The first kappa shape index (κ1) is 12.9. The molecule has 1 N–H and O–H groups in total. The maximum atomic E-state index is 10.7. The lowest BCUT2D eigenvalue weighted by Crippen LogP contribution is -1.95. The van der Waals surface area contributed by atoms with Crippen LogP contribution >= 0.6 is 0 Å². The highest BCUT2D eigenvalue weighted by Crippen LogP contribution is 2.32. The van der Waals surface area contributed by atoms with E-state index in [1.54, 1.807) is 26.0 Å². The first-order chi connectivity index (χ1) is 8.97. The average Bonchev–Trinajstić information content (AvgIpc) is 2.35. The van der Waals surface area contributed by atoms with E-state index < -0.39 is 4.92 Å². The van der Waals surface area contributed by atoms with E-state index in [9.17, 15) is 15.2 Å². The summed E-state index contributed by atoms with van der Waals surface area (Å²) in [5, 5.41) is 19.9. The molecule has 0 unspecified atom stereocenters. The Hall–Kier alpha value is -2.56. The standard InChI is InChI=1S/C14H13NO4/c1-9-7-11(15(17)18)8-10(2)14(9)19-13-5-3-12(16)4-6-13/h3-8,16H,1-2H3. The van der Waals surface area contributed by atoms with Gasteiger partial charge in [-0.05, 0) is 49.2 Å². The van der Waals surface area contributed by atoms with Gasteiger partial charge in [0.05, 0.1) is 4.92 Å². The second-order valence-electron chi connectivity index (χ2n) is 4.26. The van der Waals surface area contributed by atoms with Gasteiger partial charge in [-0.15, -0.1) is 0 Å². The van der Waals surface area contributed by atoms with Crippen molar-refractivity contribution in [1.29, 1.82) is 0 Å². The Labute approximate surface area is 110 Å². The molecule has 19 heavy (non-hydrogen) atoms. The van der Waals surface area contributed by atoms with Gasteiger partial charge in [-0.3, -0.25) is 10.1 Å². The largest absolute Gasteiger partial charge is 0.508 e. The van der Waals surface area contributed by atoms with Crippen molar-refractivity contribution < 1.29 is 14.8 Å². The Balaban J connectivity index is 2.35. The average molecular weight is 259 g/mol. The minimum absolute atomic E-state index is 0.0491. The topological polar surface area (TPSA) is 72.6 Å². The lowest BCUT2D eigenvalue weighted by atomic mass is 10.1. The van der Waals surface area contributed by atoms with Crippen LogP contribution in [0.1, 0.15) is 11.1 Å². The molecule has 2 rings (SSSR count). The Bertz CT molecular complexity index is 597. The zero-order chi connectivity index (χ0) is 14.0. The molecule has 0 aliphatic rings. The van der Waals surface area contributed by atoms with Gasteiger partial charge in [-0.25, -0.2) is 0 Å². The fourth-order valence-electron chi connectivity index (χ4n) is 1.83. The maximum absolute atomic E-state index is 10.7. The van der Waals surface area contributed by atoms with Crippen molar-refractivity contribution in [2.45, 2.75) is 13.8 Å². The van der Waals surface area contributed by atoms with Crippen molar-refractivity contribution in [2.75, 3.05) is 0 Å². The maximum Gasteiger partial charge on any atom is 0.270 e. The Kier molecular flexibility index (Phi) is 3.37. The summed E-state index contributed by atoms with van der Waals surface area (Å²) in [6, 6.07) is 9.26. The molecule has 0 saturated heterocycles. The number of phenols is 1. The third-order valence-electron chi connectivity index (χ3n) is 2.71. The lowest BCUT2D eigenvalue weighted by Gasteiger charge is -2.11. The van der Waals surface area contributed by atoms with Crippen LogP contribution in [0.2, 0.25) is 0 Å². The van der Waals surface area contributed by atoms with E-state index in [-0.39, 0.29) is 11.4 Å². The van der Waals surface area contributed by atoms with Crippen LogP contribution in [0, 0.1) is 24.0 Å². The number of phenolic OH excluding ortho intramolecular Hbond substituents is 1. The molecule has 0 bridgehead atoms. The second-order valence-corrected chi connectivity index (χ2v) is 4.26. The van der Waals surface area contributed by atoms with Crippen molar-refractivity contribution >= 4 is 5.69 Å². The number of nitro groups is 1.